The highest BCUT2D eigenvalue weighted by Gasteiger charge is 2.42. The molecule has 0 aliphatic carbocycles. The number of hydrogen-bond acceptors (Lipinski definition) is 4. The summed E-state index contributed by atoms with van der Waals surface area (Å²) in [5.74, 6) is -0.142. The van der Waals surface area contributed by atoms with E-state index in [1.54, 1.807) is 11.9 Å². The van der Waals surface area contributed by atoms with Crippen LogP contribution < -0.4 is 4.90 Å². The number of nitrogens with zero attached hydrogens (tertiary/aromatic N) is 3. The smallest absolute Gasteiger partial charge is 0.254 e. The summed E-state index contributed by atoms with van der Waals surface area (Å²) in [6.07, 6.45) is -0.677. The molecule has 2 atom stereocenters. The van der Waals surface area contributed by atoms with Crippen molar-refractivity contribution in [3.05, 3.63) is 65.7 Å². The maximum Gasteiger partial charge on any atom is 0.254 e. The molecule has 152 valence electrons. The van der Waals surface area contributed by atoms with E-state index >= 15 is 0 Å². The van der Waals surface area contributed by atoms with Gasteiger partial charge in [-0.05, 0) is 24.6 Å². The molecular formula is C23H27N3O3. The largest absolute Gasteiger partial charge is 0.368 e. The number of piperazine rings is 1. The Balaban J connectivity index is 1.49. The number of hydrogen-bond donors (Lipinski definition) is 0. The monoisotopic (exact) mass is 393 g/mol. The molecule has 2 aliphatic rings. The Hall–Kier alpha value is -2.86. The molecule has 2 saturated heterocycles. The van der Waals surface area contributed by atoms with Crippen molar-refractivity contribution in [3.63, 3.8) is 0 Å². The van der Waals surface area contributed by atoms with Crippen LogP contribution in [-0.2, 0) is 14.3 Å². The molecule has 0 radical (unpaired) electrons. The second kappa shape index (κ2) is 8.25. The van der Waals surface area contributed by atoms with Crippen LogP contribution in [0.1, 0.15) is 17.2 Å². The van der Waals surface area contributed by atoms with Crippen LogP contribution in [-0.4, -0.2) is 67.6 Å². The van der Waals surface area contributed by atoms with Crippen LogP contribution in [0, 0.1) is 6.92 Å². The molecule has 0 bridgehead atoms. The van der Waals surface area contributed by atoms with E-state index in [4.69, 9.17) is 4.74 Å². The van der Waals surface area contributed by atoms with Gasteiger partial charge >= 0.3 is 0 Å². The topological polar surface area (TPSA) is 53.1 Å². The maximum atomic E-state index is 13.3. The molecule has 4 rings (SSSR count). The van der Waals surface area contributed by atoms with Gasteiger partial charge in [-0.2, -0.15) is 0 Å². The van der Waals surface area contributed by atoms with Crippen LogP contribution in [0.5, 0.6) is 0 Å². The summed E-state index contributed by atoms with van der Waals surface area (Å²) >= 11 is 0. The zero-order chi connectivity index (χ0) is 20.4. The maximum absolute atomic E-state index is 13.3. The summed E-state index contributed by atoms with van der Waals surface area (Å²) in [6, 6.07) is 17.8. The van der Waals surface area contributed by atoms with Crippen molar-refractivity contribution >= 4 is 17.5 Å². The Morgan fingerprint density at radius 2 is 1.62 bits per heavy atom. The van der Waals surface area contributed by atoms with E-state index in [-0.39, 0.29) is 18.4 Å². The minimum atomic E-state index is -0.677. The molecule has 0 saturated carbocycles. The van der Waals surface area contributed by atoms with Crippen LogP contribution in [0.4, 0.5) is 5.69 Å². The number of amides is 2. The van der Waals surface area contributed by atoms with Gasteiger partial charge in [0, 0.05) is 38.9 Å². The molecule has 6 nitrogen and oxygen atoms in total. The summed E-state index contributed by atoms with van der Waals surface area (Å²) in [4.78, 5) is 31.4. The minimum Gasteiger partial charge on any atom is -0.368 e. The molecule has 2 heterocycles. The predicted molar refractivity (Wildman–Crippen MR) is 112 cm³/mol. The SMILES string of the molecule is Cc1ccc([C@H]2[C@H](C(=O)N3CCN(c4ccccc4)CC3)OCC(=O)N2C)cc1. The molecule has 2 aliphatic heterocycles. The molecule has 0 N–H and O–H groups in total. The molecule has 0 unspecified atom stereocenters. The summed E-state index contributed by atoms with van der Waals surface area (Å²) in [5.41, 5.74) is 3.24. The van der Waals surface area contributed by atoms with Crippen LogP contribution >= 0.6 is 0 Å². The van der Waals surface area contributed by atoms with Crippen molar-refractivity contribution in [3.8, 4) is 0 Å². The van der Waals surface area contributed by atoms with Gasteiger partial charge in [-0.15, -0.1) is 0 Å². The lowest BCUT2D eigenvalue weighted by Gasteiger charge is -2.42. The minimum absolute atomic E-state index is 0.0392. The van der Waals surface area contributed by atoms with E-state index in [0.717, 1.165) is 24.2 Å². The Labute approximate surface area is 171 Å². The van der Waals surface area contributed by atoms with Gasteiger partial charge in [-0.1, -0.05) is 48.0 Å². The second-order valence-electron chi connectivity index (χ2n) is 7.74. The zero-order valence-corrected chi connectivity index (χ0v) is 17.0. The van der Waals surface area contributed by atoms with Crippen LogP contribution in [0.25, 0.3) is 0 Å². The predicted octanol–water partition coefficient (Wildman–Crippen LogP) is 2.24. The van der Waals surface area contributed by atoms with Gasteiger partial charge in [0.1, 0.15) is 6.61 Å². The standard InChI is InChI=1S/C23H27N3O3/c1-17-8-10-18(11-9-17)21-22(29-16-20(27)24(21)2)23(28)26-14-12-25(13-15-26)19-6-4-3-5-7-19/h3-11,21-22H,12-16H2,1-2H3/t21-,22+/m0/s1. The second-order valence-corrected chi connectivity index (χ2v) is 7.74. The third-order valence-electron chi connectivity index (χ3n) is 5.86. The first-order chi connectivity index (χ1) is 14.0. The third kappa shape index (κ3) is 3.98. The number of ether oxygens (including phenoxy) is 1. The molecule has 0 aromatic heterocycles. The van der Waals surface area contributed by atoms with Crippen molar-refractivity contribution in [2.75, 3.05) is 44.7 Å². The number of likely N-dealkylation sites (N-methyl/N-ethyl adjacent to an activating group) is 1. The average molecular weight is 393 g/mol. The van der Waals surface area contributed by atoms with E-state index in [1.807, 2.05) is 54.3 Å². The van der Waals surface area contributed by atoms with E-state index in [9.17, 15) is 9.59 Å². The van der Waals surface area contributed by atoms with E-state index in [2.05, 4.69) is 17.0 Å². The third-order valence-corrected chi connectivity index (χ3v) is 5.86. The van der Waals surface area contributed by atoms with Crippen molar-refractivity contribution < 1.29 is 14.3 Å². The van der Waals surface area contributed by atoms with E-state index in [0.29, 0.717) is 13.1 Å². The number of anilines is 1. The van der Waals surface area contributed by atoms with E-state index in [1.165, 1.54) is 5.69 Å². The lowest BCUT2D eigenvalue weighted by atomic mass is 9.96. The molecule has 0 spiro atoms. The Morgan fingerprint density at radius 3 is 2.28 bits per heavy atom. The van der Waals surface area contributed by atoms with Gasteiger partial charge in [-0.3, -0.25) is 9.59 Å². The lowest BCUT2D eigenvalue weighted by molar-refractivity contribution is -0.167. The molecule has 29 heavy (non-hydrogen) atoms. The fourth-order valence-electron chi connectivity index (χ4n) is 4.08. The first-order valence-electron chi connectivity index (χ1n) is 10.1. The van der Waals surface area contributed by atoms with E-state index < -0.39 is 12.1 Å². The molecular weight excluding hydrogens is 366 g/mol. The summed E-state index contributed by atoms with van der Waals surface area (Å²) in [6.45, 7) is 4.82. The van der Waals surface area contributed by atoms with Gasteiger partial charge in [0.25, 0.3) is 5.91 Å². The highest BCUT2D eigenvalue weighted by atomic mass is 16.5. The van der Waals surface area contributed by atoms with Crippen LogP contribution in [0.15, 0.2) is 54.6 Å². The number of carbonyl (C=O) groups is 2. The Morgan fingerprint density at radius 1 is 0.966 bits per heavy atom. The van der Waals surface area contributed by atoms with Gasteiger partial charge < -0.3 is 19.4 Å². The molecule has 2 aromatic rings. The van der Waals surface area contributed by atoms with Gasteiger partial charge in [-0.25, -0.2) is 0 Å². The highest BCUT2D eigenvalue weighted by Crippen LogP contribution is 2.31. The van der Waals surface area contributed by atoms with Gasteiger partial charge in [0.15, 0.2) is 6.10 Å². The molecule has 2 amide bonds. The number of rotatable bonds is 3. The number of benzene rings is 2. The number of morpholine rings is 1. The quantitative estimate of drug-likeness (QED) is 0.803. The van der Waals surface area contributed by atoms with Crippen molar-refractivity contribution in [2.45, 2.75) is 19.1 Å². The van der Waals surface area contributed by atoms with Gasteiger partial charge in [0.2, 0.25) is 5.91 Å². The number of aryl methyl sites for hydroxylation is 1. The van der Waals surface area contributed by atoms with Crippen LogP contribution in [0.3, 0.4) is 0 Å². The summed E-state index contributed by atoms with van der Waals surface area (Å²) < 4.78 is 5.79. The summed E-state index contributed by atoms with van der Waals surface area (Å²) in [7, 11) is 1.75. The number of carbonyl (C=O) groups excluding carboxylic acids is 2. The Bertz CT molecular complexity index is 861. The molecule has 2 aromatic carbocycles. The lowest BCUT2D eigenvalue weighted by Crippen LogP contribution is -2.57. The number of para-hydroxylation sites is 1. The highest BCUT2D eigenvalue weighted by molar-refractivity contribution is 5.86. The van der Waals surface area contributed by atoms with Crippen molar-refractivity contribution in [1.82, 2.24) is 9.80 Å². The Kier molecular flexibility index (Phi) is 5.53. The molecule has 2 fully saturated rings. The summed E-state index contributed by atoms with van der Waals surface area (Å²) in [5, 5.41) is 0. The first-order valence-corrected chi connectivity index (χ1v) is 10.1. The normalized spacial score (nSPS) is 22.7. The fourth-order valence-corrected chi connectivity index (χ4v) is 4.08. The van der Waals surface area contributed by atoms with Gasteiger partial charge in [0.05, 0.1) is 6.04 Å². The fraction of sp³-hybridized carbons (Fsp3) is 0.391. The first kappa shape index (κ1) is 19.5. The van der Waals surface area contributed by atoms with Crippen LogP contribution in [0.2, 0.25) is 0 Å². The average Bonchev–Trinajstić information content (AvgIpc) is 2.76. The van der Waals surface area contributed by atoms with Crippen molar-refractivity contribution in [2.24, 2.45) is 0 Å². The zero-order valence-electron chi connectivity index (χ0n) is 17.0. The van der Waals surface area contributed by atoms with Crippen molar-refractivity contribution in [1.29, 1.82) is 0 Å². The molecule has 6 heteroatoms.